The van der Waals surface area contributed by atoms with E-state index in [0.29, 0.717) is 18.4 Å². The quantitative estimate of drug-likeness (QED) is 0.799. The van der Waals surface area contributed by atoms with Crippen LogP contribution in [-0.2, 0) is 4.79 Å². The SMILES string of the molecule is CNCCC(=O)NC1CCCC(C)C1C.Cl. The van der Waals surface area contributed by atoms with E-state index < -0.39 is 0 Å². The fourth-order valence-corrected chi connectivity index (χ4v) is 2.30. The van der Waals surface area contributed by atoms with Gasteiger partial charge in [0.2, 0.25) is 5.91 Å². The van der Waals surface area contributed by atoms with Gasteiger partial charge >= 0.3 is 0 Å². The Balaban J connectivity index is 0.00000225. The molecule has 3 atom stereocenters. The molecule has 3 nitrogen and oxygen atoms in total. The molecule has 1 saturated carbocycles. The first-order valence-electron chi connectivity index (χ1n) is 6.09. The van der Waals surface area contributed by atoms with Crippen LogP contribution in [0.15, 0.2) is 0 Å². The molecule has 0 saturated heterocycles. The summed E-state index contributed by atoms with van der Waals surface area (Å²) in [5, 5.41) is 6.15. The van der Waals surface area contributed by atoms with Crippen LogP contribution in [0.3, 0.4) is 0 Å². The number of amides is 1. The molecule has 2 N–H and O–H groups in total. The largest absolute Gasteiger partial charge is 0.353 e. The highest BCUT2D eigenvalue weighted by Gasteiger charge is 2.27. The van der Waals surface area contributed by atoms with Gasteiger partial charge in [-0.1, -0.05) is 26.7 Å². The molecule has 0 spiro atoms. The van der Waals surface area contributed by atoms with Crippen molar-refractivity contribution < 1.29 is 4.79 Å². The van der Waals surface area contributed by atoms with E-state index in [2.05, 4.69) is 24.5 Å². The Labute approximate surface area is 105 Å². The van der Waals surface area contributed by atoms with E-state index in [1.165, 1.54) is 12.8 Å². The molecule has 1 aliphatic carbocycles. The zero-order valence-electron chi connectivity index (χ0n) is 10.6. The highest BCUT2D eigenvalue weighted by molar-refractivity contribution is 5.85. The molecule has 0 aromatic carbocycles. The van der Waals surface area contributed by atoms with Gasteiger partial charge in [-0.3, -0.25) is 4.79 Å². The predicted molar refractivity (Wildman–Crippen MR) is 69.9 cm³/mol. The van der Waals surface area contributed by atoms with Crippen LogP contribution in [-0.4, -0.2) is 25.5 Å². The Morgan fingerprint density at radius 2 is 2.00 bits per heavy atom. The van der Waals surface area contributed by atoms with Crippen molar-refractivity contribution in [3.63, 3.8) is 0 Å². The average Bonchev–Trinajstić information content (AvgIpc) is 2.22. The molecule has 0 heterocycles. The smallest absolute Gasteiger partial charge is 0.221 e. The molecule has 0 bridgehead atoms. The molecule has 0 aliphatic heterocycles. The average molecular weight is 249 g/mol. The normalized spacial score (nSPS) is 29.3. The van der Waals surface area contributed by atoms with Crippen LogP contribution in [0.5, 0.6) is 0 Å². The minimum absolute atomic E-state index is 0. The Morgan fingerprint density at radius 1 is 1.31 bits per heavy atom. The summed E-state index contributed by atoms with van der Waals surface area (Å²) in [7, 11) is 1.87. The van der Waals surface area contributed by atoms with Crippen molar-refractivity contribution in [2.45, 2.75) is 45.6 Å². The van der Waals surface area contributed by atoms with E-state index in [1.807, 2.05) is 7.05 Å². The molecule has 1 aliphatic rings. The minimum Gasteiger partial charge on any atom is -0.353 e. The molecular formula is C12H25ClN2O. The van der Waals surface area contributed by atoms with Crippen molar-refractivity contribution >= 4 is 18.3 Å². The fourth-order valence-electron chi connectivity index (χ4n) is 2.30. The monoisotopic (exact) mass is 248 g/mol. The molecule has 0 aromatic heterocycles. The third kappa shape index (κ3) is 4.71. The van der Waals surface area contributed by atoms with Crippen molar-refractivity contribution in [3.05, 3.63) is 0 Å². The maximum absolute atomic E-state index is 11.6. The van der Waals surface area contributed by atoms with Gasteiger partial charge in [0.15, 0.2) is 0 Å². The Morgan fingerprint density at radius 3 is 2.62 bits per heavy atom. The van der Waals surface area contributed by atoms with Crippen LogP contribution in [0, 0.1) is 11.8 Å². The van der Waals surface area contributed by atoms with Crippen molar-refractivity contribution in [1.82, 2.24) is 10.6 Å². The van der Waals surface area contributed by atoms with Crippen LogP contribution in [0.4, 0.5) is 0 Å². The molecule has 0 aromatic rings. The summed E-state index contributed by atoms with van der Waals surface area (Å²) < 4.78 is 0. The van der Waals surface area contributed by atoms with E-state index in [1.54, 1.807) is 0 Å². The predicted octanol–water partition coefficient (Wildman–Crippen LogP) is 1.96. The van der Waals surface area contributed by atoms with Crippen LogP contribution in [0.25, 0.3) is 0 Å². The molecule has 1 amide bonds. The van der Waals surface area contributed by atoms with Crippen molar-refractivity contribution in [2.75, 3.05) is 13.6 Å². The number of nitrogens with one attached hydrogen (secondary N) is 2. The van der Waals surface area contributed by atoms with Crippen LogP contribution < -0.4 is 10.6 Å². The second-order valence-corrected chi connectivity index (χ2v) is 4.79. The van der Waals surface area contributed by atoms with Crippen LogP contribution >= 0.6 is 12.4 Å². The lowest BCUT2D eigenvalue weighted by atomic mass is 9.78. The third-order valence-electron chi connectivity index (χ3n) is 3.66. The fraction of sp³-hybridized carbons (Fsp3) is 0.917. The van der Waals surface area contributed by atoms with Gasteiger partial charge in [-0.2, -0.15) is 0 Å². The molecule has 1 rings (SSSR count). The molecule has 3 unspecified atom stereocenters. The summed E-state index contributed by atoms with van der Waals surface area (Å²) in [6.45, 7) is 5.31. The van der Waals surface area contributed by atoms with Gasteiger partial charge in [0.1, 0.15) is 0 Å². The summed E-state index contributed by atoms with van der Waals surface area (Å²) in [4.78, 5) is 11.6. The lowest BCUT2D eigenvalue weighted by molar-refractivity contribution is -0.122. The summed E-state index contributed by atoms with van der Waals surface area (Å²) in [5.41, 5.74) is 0. The molecule has 96 valence electrons. The summed E-state index contributed by atoms with van der Waals surface area (Å²) in [6.07, 6.45) is 4.30. The lowest BCUT2D eigenvalue weighted by Gasteiger charge is -2.34. The number of hydrogen-bond acceptors (Lipinski definition) is 2. The number of carbonyl (C=O) groups is 1. The van der Waals surface area contributed by atoms with Crippen molar-refractivity contribution in [2.24, 2.45) is 11.8 Å². The van der Waals surface area contributed by atoms with Gasteiger partial charge < -0.3 is 10.6 Å². The highest BCUT2D eigenvalue weighted by Crippen LogP contribution is 2.29. The first-order chi connectivity index (χ1) is 7.15. The van der Waals surface area contributed by atoms with E-state index in [0.717, 1.165) is 18.9 Å². The number of carbonyl (C=O) groups excluding carboxylic acids is 1. The Bertz CT molecular complexity index is 211. The molecule has 4 heteroatoms. The number of rotatable bonds is 4. The van der Waals surface area contributed by atoms with Gasteiger partial charge in [-0.25, -0.2) is 0 Å². The summed E-state index contributed by atoms with van der Waals surface area (Å²) in [6, 6.07) is 0.401. The van der Waals surface area contributed by atoms with Gasteiger partial charge in [-0.05, 0) is 25.3 Å². The van der Waals surface area contributed by atoms with Crippen molar-refractivity contribution in [3.8, 4) is 0 Å². The van der Waals surface area contributed by atoms with Gasteiger partial charge in [0, 0.05) is 19.0 Å². The molecule has 16 heavy (non-hydrogen) atoms. The Hall–Kier alpha value is -0.280. The number of hydrogen-bond donors (Lipinski definition) is 2. The molecule has 1 fully saturated rings. The Kier molecular flexibility index (Phi) is 7.77. The van der Waals surface area contributed by atoms with E-state index in [9.17, 15) is 4.79 Å². The zero-order chi connectivity index (χ0) is 11.3. The van der Waals surface area contributed by atoms with E-state index >= 15 is 0 Å². The highest BCUT2D eigenvalue weighted by atomic mass is 35.5. The van der Waals surface area contributed by atoms with Crippen LogP contribution in [0.2, 0.25) is 0 Å². The van der Waals surface area contributed by atoms with Crippen LogP contribution in [0.1, 0.15) is 39.5 Å². The first kappa shape index (κ1) is 15.7. The summed E-state index contributed by atoms with van der Waals surface area (Å²) >= 11 is 0. The molecule has 0 radical (unpaired) electrons. The number of halogens is 1. The van der Waals surface area contributed by atoms with Crippen molar-refractivity contribution in [1.29, 1.82) is 0 Å². The standard InChI is InChI=1S/C12H24N2O.ClH/c1-9-5-4-6-11(10(9)2)14-12(15)7-8-13-3;/h9-11,13H,4-8H2,1-3H3,(H,14,15);1H. The summed E-state index contributed by atoms with van der Waals surface area (Å²) in [5.74, 6) is 1.56. The van der Waals surface area contributed by atoms with Gasteiger partial charge in [-0.15, -0.1) is 12.4 Å². The maximum atomic E-state index is 11.6. The minimum atomic E-state index is 0. The first-order valence-corrected chi connectivity index (χ1v) is 6.09. The third-order valence-corrected chi connectivity index (χ3v) is 3.66. The molecular weight excluding hydrogens is 224 g/mol. The second kappa shape index (κ2) is 7.91. The second-order valence-electron chi connectivity index (χ2n) is 4.79. The van der Waals surface area contributed by atoms with E-state index in [4.69, 9.17) is 0 Å². The maximum Gasteiger partial charge on any atom is 0.221 e. The lowest BCUT2D eigenvalue weighted by Crippen LogP contribution is -2.44. The van der Waals surface area contributed by atoms with Gasteiger partial charge in [0.05, 0.1) is 0 Å². The van der Waals surface area contributed by atoms with Gasteiger partial charge in [0.25, 0.3) is 0 Å². The zero-order valence-corrected chi connectivity index (χ0v) is 11.4. The topological polar surface area (TPSA) is 41.1 Å². The van der Waals surface area contributed by atoms with E-state index in [-0.39, 0.29) is 18.3 Å².